The Bertz CT molecular complexity index is 844. The van der Waals surface area contributed by atoms with Gasteiger partial charge in [-0.25, -0.2) is 0 Å². The second-order valence-corrected chi connectivity index (χ2v) is 6.87. The van der Waals surface area contributed by atoms with Crippen molar-refractivity contribution < 1.29 is 14.1 Å². The number of rotatable bonds is 4. The first-order chi connectivity index (χ1) is 13.0. The lowest BCUT2D eigenvalue weighted by Gasteiger charge is -2.20. The van der Waals surface area contributed by atoms with Crippen LogP contribution in [0.5, 0.6) is 0 Å². The van der Waals surface area contributed by atoms with Crippen molar-refractivity contribution in [3.8, 4) is 11.4 Å². The van der Waals surface area contributed by atoms with Crippen LogP contribution in [-0.4, -0.2) is 54.2 Å². The molecule has 2 atom stereocenters. The van der Waals surface area contributed by atoms with E-state index in [2.05, 4.69) is 20.4 Å². The molecule has 3 rings (SSSR count). The van der Waals surface area contributed by atoms with Crippen molar-refractivity contribution in [2.75, 3.05) is 27.2 Å². The molecule has 8 nitrogen and oxygen atoms in total. The first kappa shape index (κ1) is 22.4. The number of nitrogens with one attached hydrogen (secondary N) is 1. The van der Waals surface area contributed by atoms with Gasteiger partial charge in [0.2, 0.25) is 11.7 Å². The van der Waals surface area contributed by atoms with Crippen LogP contribution in [-0.2, 0) is 16.1 Å². The zero-order valence-corrected chi connectivity index (χ0v) is 19.0. The third kappa shape index (κ3) is 5.13. The van der Waals surface area contributed by atoms with Crippen LogP contribution in [0.2, 0.25) is 5.02 Å². The highest BCUT2D eigenvalue weighted by Gasteiger charge is 2.36. The number of likely N-dealkylation sites (tertiary alicyclic amines) is 1. The third-order valence-corrected chi connectivity index (χ3v) is 4.81. The van der Waals surface area contributed by atoms with Crippen molar-refractivity contribution in [3.63, 3.8) is 0 Å². The molecule has 2 unspecified atom stereocenters. The molecule has 10 heteroatoms. The predicted molar refractivity (Wildman–Crippen MR) is 117 cm³/mol. The van der Waals surface area contributed by atoms with Gasteiger partial charge >= 0.3 is 5.97 Å². The van der Waals surface area contributed by atoms with Crippen LogP contribution in [0.4, 0.5) is 0 Å². The van der Waals surface area contributed by atoms with Gasteiger partial charge in [0.25, 0.3) is 0 Å². The van der Waals surface area contributed by atoms with Gasteiger partial charge in [-0.2, -0.15) is 4.98 Å². The topological polar surface area (TPSA) is 92.9 Å². The lowest BCUT2D eigenvalue weighted by atomic mass is 9.99. The summed E-state index contributed by atoms with van der Waals surface area (Å²) < 4.78 is 10.2. The molecule has 0 bridgehead atoms. The first-order valence-electron chi connectivity index (χ1n) is 8.63. The number of carbonyl (C=O) groups excluding carboxylic acids is 1. The molecule has 1 saturated heterocycles. The molecule has 0 saturated carbocycles. The second-order valence-electron chi connectivity index (χ2n) is 6.43. The monoisotopic (exact) mass is 519 g/mol. The Balaban J connectivity index is 0.00000280. The molecule has 0 amide bonds. The van der Waals surface area contributed by atoms with E-state index in [1.165, 1.54) is 7.11 Å². The summed E-state index contributed by atoms with van der Waals surface area (Å²) in [5, 5.41) is 7.80. The van der Waals surface area contributed by atoms with Gasteiger partial charge in [0.1, 0.15) is 0 Å². The van der Waals surface area contributed by atoms with Crippen molar-refractivity contribution in [1.82, 2.24) is 20.4 Å². The largest absolute Gasteiger partial charge is 0.469 e. The number of ether oxygens (including phenoxy) is 1. The number of aliphatic imine (C=N–C) groups is 1. The van der Waals surface area contributed by atoms with Crippen LogP contribution in [0.3, 0.4) is 0 Å². The summed E-state index contributed by atoms with van der Waals surface area (Å²) in [6, 6.07) is 7.27. The quantitative estimate of drug-likeness (QED) is 0.287. The second kappa shape index (κ2) is 10.1. The van der Waals surface area contributed by atoms with E-state index in [4.69, 9.17) is 20.9 Å². The Hall–Kier alpha value is -1.88. The van der Waals surface area contributed by atoms with Gasteiger partial charge in [-0.15, -0.1) is 24.0 Å². The van der Waals surface area contributed by atoms with E-state index < -0.39 is 0 Å². The van der Waals surface area contributed by atoms with Crippen LogP contribution < -0.4 is 5.32 Å². The minimum atomic E-state index is -0.191. The molecule has 0 spiro atoms. The standard InChI is InChI=1S/C18H22ClN5O3.HI/c1-11-9-24(10-14(11)17(25)26-3)18(20-2)21-8-15-22-16(23-27-15)12-5-4-6-13(19)7-12;/h4-7,11,14H,8-10H2,1-3H3,(H,20,21);1H. The average molecular weight is 520 g/mol. The highest BCUT2D eigenvalue weighted by Crippen LogP contribution is 2.24. The molecular formula is C18H23ClIN5O3. The van der Waals surface area contributed by atoms with Gasteiger partial charge < -0.3 is 19.5 Å². The summed E-state index contributed by atoms with van der Waals surface area (Å²) in [7, 11) is 3.11. The minimum absolute atomic E-state index is 0. The molecule has 0 aliphatic carbocycles. The van der Waals surface area contributed by atoms with E-state index in [9.17, 15) is 4.79 Å². The lowest BCUT2D eigenvalue weighted by molar-refractivity contribution is -0.145. The number of aromatic nitrogens is 2. The Morgan fingerprint density at radius 2 is 2.25 bits per heavy atom. The fourth-order valence-electron chi connectivity index (χ4n) is 3.16. The molecule has 1 aromatic carbocycles. The van der Waals surface area contributed by atoms with Gasteiger partial charge in [-0.1, -0.05) is 35.8 Å². The van der Waals surface area contributed by atoms with Crippen LogP contribution in [0, 0.1) is 11.8 Å². The Morgan fingerprint density at radius 1 is 1.46 bits per heavy atom. The highest BCUT2D eigenvalue weighted by atomic mass is 127. The van der Waals surface area contributed by atoms with Crippen LogP contribution >= 0.6 is 35.6 Å². The predicted octanol–water partition coefficient (Wildman–Crippen LogP) is 2.82. The summed E-state index contributed by atoms with van der Waals surface area (Å²) in [4.78, 5) is 22.6. The number of halogens is 2. The molecule has 28 heavy (non-hydrogen) atoms. The average Bonchev–Trinajstić information content (AvgIpc) is 3.29. The summed E-state index contributed by atoms with van der Waals surface area (Å²) in [6.45, 7) is 3.64. The van der Waals surface area contributed by atoms with Crippen molar-refractivity contribution >= 4 is 47.5 Å². The smallest absolute Gasteiger partial charge is 0.310 e. The Labute approximate surface area is 185 Å². The lowest BCUT2D eigenvalue weighted by Crippen LogP contribution is -2.40. The SMILES string of the molecule is CN=C(NCc1nc(-c2cccc(Cl)c2)no1)N1CC(C)C(C(=O)OC)C1.I. The Kier molecular flexibility index (Phi) is 8.05. The third-order valence-electron chi connectivity index (χ3n) is 4.58. The van der Waals surface area contributed by atoms with E-state index >= 15 is 0 Å². The van der Waals surface area contributed by atoms with E-state index in [1.807, 2.05) is 24.0 Å². The summed E-state index contributed by atoms with van der Waals surface area (Å²) in [5.74, 6) is 1.42. The van der Waals surface area contributed by atoms with E-state index in [-0.39, 0.29) is 41.8 Å². The van der Waals surface area contributed by atoms with Gasteiger partial charge in [0.05, 0.1) is 19.6 Å². The fraction of sp³-hybridized carbons (Fsp3) is 0.444. The van der Waals surface area contributed by atoms with Crippen molar-refractivity contribution in [2.24, 2.45) is 16.8 Å². The first-order valence-corrected chi connectivity index (χ1v) is 9.01. The summed E-state index contributed by atoms with van der Waals surface area (Å²) in [6.07, 6.45) is 0. The van der Waals surface area contributed by atoms with Gasteiger partial charge in [-0.05, 0) is 18.1 Å². The maximum absolute atomic E-state index is 11.9. The molecule has 0 radical (unpaired) electrons. The van der Waals surface area contributed by atoms with Crippen LogP contribution in [0.15, 0.2) is 33.8 Å². The molecule has 1 aliphatic rings. The maximum Gasteiger partial charge on any atom is 0.310 e. The Morgan fingerprint density at radius 3 is 2.93 bits per heavy atom. The van der Waals surface area contributed by atoms with E-state index in [0.29, 0.717) is 35.8 Å². The summed E-state index contributed by atoms with van der Waals surface area (Å²) >= 11 is 6.00. The number of hydrogen-bond donors (Lipinski definition) is 1. The van der Waals surface area contributed by atoms with Crippen molar-refractivity contribution in [1.29, 1.82) is 0 Å². The van der Waals surface area contributed by atoms with Crippen LogP contribution in [0.1, 0.15) is 12.8 Å². The molecule has 1 N–H and O–H groups in total. The molecule has 2 heterocycles. The number of nitrogens with zero attached hydrogens (tertiary/aromatic N) is 4. The maximum atomic E-state index is 11.9. The van der Waals surface area contributed by atoms with Crippen LogP contribution in [0.25, 0.3) is 11.4 Å². The molecule has 152 valence electrons. The minimum Gasteiger partial charge on any atom is -0.469 e. The van der Waals surface area contributed by atoms with Crippen molar-refractivity contribution in [2.45, 2.75) is 13.5 Å². The number of hydrogen-bond acceptors (Lipinski definition) is 6. The molecule has 1 aliphatic heterocycles. The molecular weight excluding hydrogens is 497 g/mol. The molecule has 1 aromatic heterocycles. The number of esters is 1. The molecule has 2 aromatic rings. The molecule has 1 fully saturated rings. The highest BCUT2D eigenvalue weighted by molar-refractivity contribution is 14.0. The van der Waals surface area contributed by atoms with Gasteiger partial charge in [0, 0.05) is 30.7 Å². The van der Waals surface area contributed by atoms with E-state index in [0.717, 1.165) is 12.1 Å². The van der Waals surface area contributed by atoms with E-state index in [1.54, 1.807) is 19.2 Å². The van der Waals surface area contributed by atoms with Gasteiger partial charge in [0.15, 0.2) is 5.96 Å². The summed E-state index contributed by atoms with van der Waals surface area (Å²) in [5.41, 5.74) is 0.788. The number of guanidine groups is 1. The zero-order valence-electron chi connectivity index (χ0n) is 15.9. The van der Waals surface area contributed by atoms with Gasteiger partial charge in [-0.3, -0.25) is 9.79 Å². The zero-order chi connectivity index (χ0) is 19.4. The number of methoxy groups -OCH3 is 1. The number of benzene rings is 1. The number of carbonyl (C=O) groups is 1. The van der Waals surface area contributed by atoms with Crippen molar-refractivity contribution in [3.05, 3.63) is 35.2 Å². The normalized spacial score (nSPS) is 19.3. The fourth-order valence-corrected chi connectivity index (χ4v) is 3.35.